The zero-order valence-corrected chi connectivity index (χ0v) is 14.1. The van der Waals surface area contributed by atoms with Crippen molar-refractivity contribution in [1.29, 1.82) is 0 Å². The van der Waals surface area contributed by atoms with Crippen molar-refractivity contribution >= 4 is 23.1 Å². The third-order valence-corrected chi connectivity index (χ3v) is 4.78. The Balaban J connectivity index is 1.83. The predicted octanol–water partition coefficient (Wildman–Crippen LogP) is 0.984. The van der Waals surface area contributed by atoms with Gasteiger partial charge in [-0.1, -0.05) is 0 Å². The van der Waals surface area contributed by atoms with Gasteiger partial charge in [-0.15, -0.1) is 5.10 Å². The highest BCUT2D eigenvalue weighted by atomic mass is 16.2. The number of imide groups is 1. The zero-order chi connectivity index (χ0) is 17.3. The number of aromatic nitrogens is 2. The van der Waals surface area contributed by atoms with E-state index >= 15 is 0 Å². The summed E-state index contributed by atoms with van der Waals surface area (Å²) < 4.78 is 0. The average Bonchev–Trinajstić information content (AvgIpc) is 3.27. The molecule has 0 spiro atoms. The molecular weight excluding hydrogens is 306 g/mol. The lowest BCUT2D eigenvalue weighted by Gasteiger charge is -2.21. The number of carbonyl (C=O) groups is 2. The highest BCUT2D eigenvalue weighted by molar-refractivity contribution is 6.22. The molecule has 0 bridgehead atoms. The van der Waals surface area contributed by atoms with Gasteiger partial charge in [-0.3, -0.25) is 14.9 Å². The van der Waals surface area contributed by atoms with Gasteiger partial charge in [0, 0.05) is 26.2 Å². The summed E-state index contributed by atoms with van der Waals surface area (Å²) in [5.41, 5.74) is 7.92. The molecule has 1 aromatic rings. The van der Waals surface area contributed by atoms with Crippen LogP contribution < -0.4 is 16.0 Å². The minimum absolute atomic E-state index is 0.150. The minimum Gasteiger partial charge on any atom is -0.404 e. The Bertz CT molecular complexity index is 696. The number of aryl methyl sites for hydroxylation is 1. The van der Waals surface area contributed by atoms with Crippen molar-refractivity contribution in [3.63, 3.8) is 0 Å². The molecule has 1 saturated heterocycles. The molecule has 0 radical (unpaired) electrons. The molecule has 2 amide bonds. The lowest BCUT2D eigenvalue weighted by molar-refractivity contribution is -0.126. The molecule has 3 rings (SSSR count). The van der Waals surface area contributed by atoms with E-state index in [1.165, 1.54) is 32.4 Å². The van der Waals surface area contributed by atoms with Gasteiger partial charge in [-0.25, -0.2) is 0 Å². The maximum atomic E-state index is 12.1. The molecule has 1 aliphatic heterocycles. The fourth-order valence-electron chi connectivity index (χ4n) is 3.36. The molecule has 2 aliphatic rings. The monoisotopic (exact) mass is 329 g/mol. The summed E-state index contributed by atoms with van der Waals surface area (Å²) in [7, 11) is 0. The van der Waals surface area contributed by atoms with Gasteiger partial charge in [0.05, 0.1) is 17.0 Å². The third kappa shape index (κ3) is 3.39. The van der Waals surface area contributed by atoms with Gasteiger partial charge < -0.3 is 10.6 Å². The molecule has 24 heavy (non-hydrogen) atoms. The van der Waals surface area contributed by atoms with Crippen molar-refractivity contribution in [2.45, 2.75) is 33.1 Å². The van der Waals surface area contributed by atoms with E-state index in [0.717, 1.165) is 36.3 Å². The van der Waals surface area contributed by atoms with Crippen molar-refractivity contribution in [3.05, 3.63) is 23.7 Å². The molecule has 1 saturated carbocycles. The van der Waals surface area contributed by atoms with Crippen LogP contribution in [-0.2, 0) is 9.59 Å². The van der Waals surface area contributed by atoms with Crippen LogP contribution in [0.1, 0.15) is 37.6 Å². The van der Waals surface area contributed by atoms with Crippen LogP contribution in [0, 0.1) is 18.8 Å². The molecule has 2 fully saturated rings. The van der Waals surface area contributed by atoms with E-state index in [0.29, 0.717) is 5.69 Å². The van der Waals surface area contributed by atoms with Gasteiger partial charge in [-0.05, 0) is 44.1 Å². The van der Waals surface area contributed by atoms with Gasteiger partial charge >= 0.3 is 0 Å². The first-order valence-electron chi connectivity index (χ1n) is 8.33. The fourth-order valence-corrected chi connectivity index (χ4v) is 3.36. The topological polar surface area (TPSA) is 101 Å². The van der Waals surface area contributed by atoms with Gasteiger partial charge in [-0.2, -0.15) is 5.10 Å². The normalized spacial score (nSPS) is 21.0. The number of carbonyl (C=O) groups excluding carboxylic acids is 2. The average molecular weight is 329 g/mol. The summed E-state index contributed by atoms with van der Waals surface area (Å²) in [6.45, 7) is 5.21. The molecule has 7 nitrogen and oxygen atoms in total. The summed E-state index contributed by atoms with van der Waals surface area (Å²) in [4.78, 5) is 25.5. The van der Waals surface area contributed by atoms with E-state index in [4.69, 9.17) is 5.73 Å². The van der Waals surface area contributed by atoms with E-state index in [2.05, 4.69) is 20.4 Å². The number of rotatable bonds is 4. The molecule has 1 unspecified atom stereocenters. The Kier molecular flexibility index (Phi) is 4.51. The highest BCUT2D eigenvalue weighted by Crippen LogP contribution is 2.42. The Hall–Kier alpha value is -2.44. The number of hydrogen-bond donors (Lipinski definition) is 2. The zero-order valence-electron chi connectivity index (χ0n) is 14.1. The Morgan fingerprint density at radius 3 is 2.67 bits per heavy atom. The van der Waals surface area contributed by atoms with E-state index in [-0.39, 0.29) is 5.57 Å². The van der Waals surface area contributed by atoms with Crippen molar-refractivity contribution in [2.75, 3.05) is 18.0 Å². The Labute approximate surface area is 141 Å². The Morgan fingerprint density at radius 1 is 1.29 bits per heavy atom. The summed E-state index contributed by atoms with van der Waals surface area (Å²) in [6, 6.07) is 1.84. The predicted molar refractivity (Wildman–Crippen MR) is 90.8 cm³/mol. The van der Waals surface area contributed by atoms with Gasteiger partial charge in [0.15, 0.2) is 0 Å². The summed E-state index contributed by atoms with van der Waals surface area (Å²) in [6.07, 6.45) is 5.07. The summed E-state index contributed by atoms with van der Waals surface area (Å²) >= 11 is 0. The van der Waals surface area contributed by atoms with Crippen molar-refractivity contribution in [1.82, 2.24) is 15.5 Å². The first-order valence-corrected chi connectivity index (χ1v) is 8.33. The van der Waals surface area contributed by atoms with Crippen LogP contribution in [0.3, 0.4) is 0 Å². The second-order valence-corrected chi connectivity index (χ2v) is 6.62. The van der Waals surface area contributed by atoms with Crippen LogP contribution in [0.25, 0.3) is 5.57 Å². The maximum absolute atomic E-state index is 12.1. The maximum Gasteiger partial charge on any atom is 0.261 e. The van der Waals surface area contributed by atoms with Gasteiger partial charge in [0.25, 0.3) is 5.91 Å². The highest BCUT2D eigenvalue weighted by Gasteiger charge is 2.36. The summed E-state index contributed by atoms with van der Waals surface area (Å²) in [5.74, 6) is 0.634. The number of nitrogens with one attached hydrogen (secondary N) is 1. The molecule has 1 aromatic heterocycles. The smallest absolute Gasteiger partial charge is 0.261 e. The van der Waals surface area contributed by atoms with Crippen molar-refractivity contribution in [3.8, 4) is 0 Å². The molecule has 3 N–H and O–H groups in total. The molecular formula is C17H23N5O2. The molecule has 0 aromatic carbocycles. The Morgan fingerprint density at radius 2 is 2.04 bits per heavy atom. The first-order chi connectivity index (χ1) is 11.5. The number of amides is 2. The molecule has 1 atom stereocenters. The van der Waals surface area contributed by atoms with Gasteiger partial charge in [0.2, 0.25) is 5.91 Å². The largest absolute Gasteiger partial charge is 0.404 e. The lowest BCUT2D eigenvalue weighted by Crippen LogP contribution is -2.30. The quantitative estimate of drug-likeness (QED) is 0.799. The van der Waals surface area contributed by atoms with E-state index in [1.54, 1.807) is 0 Å². The molecule has 7 heteroatoms. The third-order valence-electron chi connectivity index (χ3n) is 4.78. The standard InChI is InChI=1S/C17H23N5O2/c1-10-16(22-6-5-13(9-22)12-3-4-12)7-15(21-20-10)14(8-18)17(24)19-11(2)23/h7-8,12-13H,3-6,9,18H2,1-2H3,(H,19,23,24)/b14-8-. The minimum atomic E-state index is -0.564. The summed E-state index contributed by atoms with van der Waals surface area (Å²) in [5, 5.41) is 10.5. The number of anilines is 1. The van der Waals surface area contributed by atoms with Crippen LogP contribution in [-0.4, -0.2) is 35.1 Å². The SMILES string of the molecule is CC(=O)NC(=O)/C(=C\N)c1cc(N2CCC(C3CC3)C2)c(C)nn1. The van der Waals surface area contributed by atoms with Crippen LogP contribution in [0.15, 0.2) is 12.3 Å². The molecule has 2 heterocycles. The van der Waals surface area contributed by atoms with E-state index in [1.807, 2.05) is 13.0 Å². The fraction of sp³-hybridized carbons (Fsp3) is 0.529. The molecule has 128 valence electrons. The second kappa shape index (κ2) is 6.59. The van der Waals surface area contributed by atoms with Crippen molar-refractivity contribution in [2.24, 2.45) is 17.6 Å². The number of nitrogens with two attached hydrogens (primary N) is 1. The number of hydrogen-bond acceptors (Lipinski definition) is 6. The molecule has 1 aliphatic carbocycles. The van der Waals surface area contributed by atoms with Crippen LogP contribution >= 0.6 is 0 Å². The van der Waals surface area contributed by atoms with Crippen LogP contribution in [0.5, 0.6) is 0 Å². The van der Waals surface area contributed by atoms with Crippen LogP contribution in [0.4, 0.5) is 5.69 Å². The van der Waals surface area contributed by atoms with E-state index < -0.39 is 11.8 Å². The van der Waals surface area contributed by atoms with E-state index in [9.17, 15) is 9.59 Å². The first kappa shape index (κ1) is 16.4. The van der Waals surface area contributed by atoms with Crippen molar-refractivity contribution < 1.29 is 9.59 Å². The second-order valence-electron chi connectivity index (χ2n) is 6.62. The lowest BCUT2D eigenvalue weighted by atomic mass is 10.0. The number of nitrogens with zero attached hydrogens (tertiary/aromatic N) is 3. The van der Waals surface area contributed by atoms with Gasteiger partial charge in [0.1, 0.15) is 5.69 Å². The van der Waals surface area contributed by atoms with Crippen LogP contribution in [0.2, 0.25) is 0 Å².